The number of rotatable bonds is 5. The molecule has 0 bridgehead atoms. The van der Waals surface area contributed by atoms with Crippen molar-refractivity contribution in [1.82, 2.24) is 0 Å². The molecule has 5 nitrogen and oxygen atoms in total. The van der Waals surface area contributed by atoms with Crippen molar-refractivity contribution >= 4 is 7.82 Å². The third-order valence-electron chi connectivity index (χ3n) is 2.63. The molecule has 0 aromatic heterocycles. The van der Waals surface area contributed by atoms with E-state index in [1.54, 1.807) is 0 Å². The molecule has 0 saturated heterocycles. The van der Waals surface area contributed by atoms with Crippen LogP contribution < -0.4 is 4.74 Å². The monoisotopic (exact) mass is 314 g/mol. The molecule has 118 valence electrons. The van der Waals surface area contributed by atoms with Crippen LogP contribution in [0.25, 0.3) is 0 Å². The van der Waals surface area contributed by atoms with Crippen LogP contribution in [0.5, 0.6) is 5.75 Å². The van der Waals surface area contributed by atoms with E-state index in [9.17, 15) is 0 Å². The number of hydrogen-bond acceptors (Lipinski definition) is 2. The number of allylic oxidation sites excluding steroid dienone is 2. The molecule has 0 saturated carbocycles. The van der Waals surface area contributed by atoms with Crippen molar-refractivity contribution in [2.24, 2.45) is 0 Å². The summed E-state index contributed by atoms with van der Waals surface area (Å²) in [5.74, 6) is 0.961. The lowest BCUT2D eigenvalue weighted by Crippen LogP contribution is -2.02. The van der Waals surface area contributed by atoms with Gasteiger partial charge >= 0.3 is 7.82 Å². The van der Waals surface area contributed by atoms with Gasteiger partial charge in [0.15, 0.2) is 0 Å². The smallest absolute Gasteiger partial charge is 0.466 e. The van der Waals surface area contributed by atoms with Crippen molar-refractivity contribution in [3.63, 3.8) is 0 Å². The first-order valence-corrected chi connectivity index (χ1v) is 7.94. The number of ether oxygens (including phenoxy) is 1. The van der Waals surface area contributed by atoms with Gasteiger partial charge in [-0.05, 0) is 44.4 Å². The molecule has 21 heavy (non-hydrogen) atoms. The Labute approximate surface area is 125 Å². The predicted molar refractivity (Wildman–Crippen MR) is 84.1 cm³/mol. The highest BCUT2D eigenvalue weighted by Gasteiger charge is 2.02. The Morgan fingerprint density at radius 2 is 1.76 bits per heavy atom. The molecule has 1 aromatic rings. The Morgan fingerprint density at radius 3 is 2.24 bits per heavy atom. The molecule has 0 heterocycles. The van der Waals surface area contributed by atoms with E-state index in [0.717, 1.165) is 12.2 Å². The molecule has 0 aliphatic carbocycles. The molecule has 1 aromatic carbocycles. The molecule has 1 rings (SSSR count). The average Bonchev–Trinajstić information content (AvgIpc) is 2.35. The molecule has 0 unspecified atom stereocenters. The van der Waals surface area contributed by atoms with E-state index in [4.69, 9.17) is 24.0 Å². The van der Waals surface area contributed by atoms with Crippen LogP contribution in [0.4, 0.5) is 0 Å². The van der Waals surface area contributed by atoms with Gasteiger partial charge in [0.1, 0.15) is 12.4 Å². The van der Waals surface area contributed by atoms with Crippen molar-refractivity contribution in [3.8, 4) is 5.75 Å². The summed E-state index contributed by atoms with van der Waals surface area (Å²) in [4.78, 5) is 21.6. The summed E-state index contributed by atoms with van der Waals surface area (Å²) in [6, 6.07) is 8.12. The van der Waals surface area contributed by atoms with Crippen molar-refractivity contribution < 1.29 is 24.0 Å². The lowest BCUT2D eigenvalue weighted by Gasteiger charge is -2.11. The Bertz CT molecular complexity index is 518. The lowest BCUT2D eigenvalue weighted by molar-refractivity contribution is 0.275. The van der Waals surface area contributed by atoms with Crippen LogP contribution in [-0.2, 0) is 11.0 Å². The lowest BCUT2D eigenvalue weighted by atomic mass is 10.1. The molecule has 0 fully saturated rings. The summed E-state index contributed by atoms with van der Waals surface area (Å²) in [6.07, 6.45) is 2.75. The zero-order chi connectivity index (χ0) is 16.5. The fourth-order valence-electron chi connectivity index (χ4n) is 1.30. The van der Waals surface area contributed by atoms with Crippen LogP contribution in [0.1, 0.15) is 26.3 Å². The molecule has 0 aliphatic rings. The van der Waals surface area contributed by atoms with Crippen molar-refractivity contribution in [3.05, 3.63) is 53.6 Å². The van der Waals surface area contributed by atoms with E-state index in [1.165, 1.54) is 16.7 Å². The van der Waals surface area contributed by atoms with Crippen LogP contribution in [0.2, 0.25) is 0 Å². The molecule has 6 heteroatoms. The number of benzene rings is 1. The maximum absolute atomic E-state index is 8.88. The third kappa shape index (κ3) is 11.0. The highest BCUT2D eigenvalue weighted by molar-refractivity contribution is 7.45. The van der Waals surface area contributed by atoms with Crippen LogP contribution in [0.15, 0.2) is 48.1 Å². The Morgan fingerprint density at radius 1 is 1.24 bits per heavy atom. The number of para-hydroxylation sites is 1. The molecule has 0 atom stereocenters. The summed E-state index contributed by atoms with van der Waals surface area (Å²) in [7, 11) is -4.64. The van der Waals surface area contributed by atoms with Gasteiger partial charge in [0.05, 0.1) is 0 Å². The summed E-state index contributed by atoms with van der Waals surface area (Å²) < 4.78 is 14.7. The summed E-state index contributed by atoms with van der Waals surface area (Å²) in [5, 5.41) is 0. The van der Waals surface area contributed by atoms with Gasteiger partial charge in [-0.15, -0.1) is 6.58 Å². The first kappa shape index (κ1) is 19.6. The zero-order valence-electron chi connectivity index (χ0n) is 12.6. The Kier molecular flexibility index (Phi) is 8.90. The van der Waals surface area contributed by atoms with Gasteiger partial charge in [0.25, 0.3) is 0 Å². The topological polar surface area (TPSA) is 87.0 Å². The molecule has 0 aliphatic heterocycles. The van der Waals surface area contributed by atoms with E-state index in [2.05, 4.69) is 33.4 Å². The van der Waals surface area contributed by atoms with Gasteiger partial charge in [0, 0.05) is 0 Å². The minimum absolute atomic E-state index is 0.663. The first-order valence-electron chi connectivity index (χ1n) is 6.38. The standard InChI is InChI=1S/C15H20O.H3O4P/c1-5-8-14-9-6-7-10-15(14)16-11-13(4)12(2)3;1-5(2,3)4/h5-7,9-10H,1,8,11H2,2-4H3;(H3,1,2,3,4). The van der Waals surface area contributed by atoms with E-state index < -0.39 is 7.82 Å². The first-order chi connectivity index (χ1) is 9.65. The third-order valence-corrected chi connectivity index (χ3v) is 2.63. The summed E-state index contributed by atoms with van der Waals surface area (Å²) in [5.41, 5.74) is 3.80. The van der Waals surface area contributed by atoms with E-state index in [1.807, 2.05) is 24.3 Å². The molecular weight excluding hydrogens is 291 g/mol. The molecule has 0 spiro atoms. The van der Waals surface area contributed by atoms with E-state index in [0.29, 0.717) is 6.61 Å². The minimum Gasteiger partial charge on any atom is -0.489 e. The predicted octanol–water partition coefficient (Wildman–Crippen LogP) is 3.22. The van der Waals surface area contributed by atoms with Gasteiger partial charge in [-0.1, -0.05) is 29.8 Å². The Balaban J connectivity index is 0.000000690. The molecule has 3 N–H and O–H groups in total. The maximum Gasteiger partial charge on any atom is 0.466 e. The van der Waals surface area contributed by atoms with Gasteiger partial charge in [0.2, 0.25) is 0 Å². The summed E-state index contributed by atoms with van der Waals surface area (Å²) in [6.45, 7) is 10.7. The van der Waals surface area contributed by atoms with Crippen molar-refractivity contribution in [2.75, 3.05) is 6.61 Å². The zero-order valence-corrected chi connectivity index (χ0v) is 13.5. The SMILES string of the molecule is C=CCc1ccccc1OCC(C)=C(C)C.O=P(O)(O)O. The average molecular weight is 314 g/mol. The van der Waals surface area contributed by atoms with Crippen molar-refractivity contribution in [2.45, 2.75) is 27.2 Å². The molecule has 0 radical (unpaired) electrons. The number of phosphoric acid groups is 1. The second-order valence-electron chi connectivity index (χ2n) is 4.68. The van der Waals surface area contributed by atoms with E-state index >= 15 is 0 Å². The molecule has 0 amide bonds. The van der Waals surface area contributed by atoms with Crippen LogP contribution in [0, 0.1) is 0 Å². The fourth-order valence-corrected chi connectivity index (χ4v) is 1.30. The quantitative estimate of drug-likeness (QED) is 0.574. The summed E-state index contributed by atoms with van der Waals surface area (Å²) >= 11 is 0. The highest BCUT2D eigenvalue weighted by Crippen LogP contribution is 2.25. The molecular formula is C15H23O5P. The second-order valence-corrected chi connectivity index (χ2v) is 5.71. The van der Waals surface area contributed by atoms with Crippen LogP contribution >= 0.6 is 7.82 Å². The highest BCUT2D eigenvalue weighted by atomic mass is 31.2. The second kappa shape index (κ2) is 9.53. The van der Waals surface area contributed by atoms with Crippen LogP contribution in [-0.4, -0.2) is 21.3 Å². The van der Waals surface area contributed by atoms with Gasteiger partial charge in [-0.25, -0.2) is 4.57 Å². The number of hydrogen-bond donors (Lipinski definition) is 3. The van der Waals surface area contributed by atoms with E-state index in [-0.39, 0.29) is 0 Å². The van der Waals surface area contributed by atoms with Gasteiger partial charge in [-0.3, -0.25) is 0 Å². The Hall–Kier alpha value is -1.39. The largest absolute Gasteiger partial charge is 0.489 e. The van der Waals surface area contributed by atoms with Crippen molar-refractivity contribution in [1.29, 1.82) is 0 Å². The normalized spacial score (nSPS) is 10.2. The fraction of sp³-hybridized carbons (Fsp3) is 0.333. The minimum atomic E-state index is -4.64. The van der Waals surface area contributed by atoms with Gasteiger partial charge < -0.3 is 19.4 Å². The van der Waals surface area contributed by atoms with Crippen LogP contribution in [0.3, 0.4) is 0 Å². The van der Waals surface area contributed by atoms with Gasteiger partial charge in [-0.2, -0.15) is 0 Å². The maximum atomic E-state index is 8.88.